The lowest BCUT2D eigenvalue weighted by Gasteiger charge is -2.23. The normalized spacial score (nSPS) is 16.8. The molecule has 2 N–H and O–H groups in total. The second-order valence-electron chi connectivity index (χ2n) is 4.82. The van der Waals surface area contributed by atoms with E-state index >= 15 is 0 Å². The smallest absolute Gasteiger partial charge is 0.263 e. The van der Waals surface area contributed by atoms with Gasteiger partial charge in [-0.2, -0.15) is 5.26 Å². The fourth-order valence-electron chi connectivity index (χ4n) is 2.27. The molecule has 0 atom stereocenters. The van der Waals surface area contributed by atoms with Crippen LogP contribution in [0.1, 0.15) is 39.0 Å². The van der Waals surface area contributed by atoms with Crippen LogP contribution in [-0.4, -0.2) is 41.7 Å². The van der Waals surface area contributed by atoms with Gasteiger partial charge < -0.3 is 15.3 Å². The second kappa shape index (κ2) is 8.54. The van der Waals surface area contributed by atoms with Gasteiger partial charge in [0.05, 0.1) is 6.61 Å². The van der Waals surface area contributed by atoms with Crippen LogP contribution in [-0.2, 0) is 4.79 Å². The van der Waals surface area contributed by atoms with Gasteiger partial charge in [0.1, 0.15) is 11.6 Å². The quantitative estimate of drug-likeness (QED) is 0.558. The minimum absolute atomic E-state index is 0.00723. The number of nitrogens with one attached hydrogen (secondary N) is 1. The largest absolute Gasteiger partial charge is 0.395 e. The van der Waals surface area contributed by atoms with Crippen LogP contribution in [0, 0.1) is 11.3 Å². The van der Waals surface area contributed by atoms with Gasteiger partial charge in [-0.3, -0.25) is 4.79 Å². The van der Waals surface area contributed by atoms with E-state index in [1.165, 1.54) is 12.6 Å². The van der Waals surface area contributed by atoms with Crippen LogP contribution in [0.5, 0.6) is 0 Å². The molecule has 19 heavy (non-hydrogen) atoms. The standard InChI is InChI=1S/C14H23N3O2/c1-2-17(8-9-18)11-12(10-15)14(19)16-13-6-4-3-5-7-13/h11,13,18H,2-9H2,1H3,(H,16,19)/b12-11-. The zero-order valence-electron chi connectivity index (χ0n) is 11.6. The minimum Gasteiger partial charge on any atom is -0.395 e. The number of nitriles is 1. The number of nitrogens with zero attached hydrogens (tertiary/aromatic N) is 2. The summed E-state index contributed by atoms with van der Waals surface area (Å²) in [4.78, 5) is 13.8. The van der Waals surface area contributed by atoms with Crippen molar-refractivity contribution in [3.8, 4) is 6.07 Å². The van der Waals surface area contributed by atoms with Crippen molar-refractivity contribution in [2.24, 2.45) is 0 Å². The molecule has 0 unspecified atom stereocenters. The lowest BCUT2D eigenvalue weighted by molar-refractivity contribution is -0.118. The summed E-state index contributed by atoms with van der Waals surface area (Å²) in [5.74, 6) is -0.300. The van der Waals surface area contributed by atoms with Gasteiger partial charge in [0.15, 0.2) is 0 Å². The van der Waals surface area contributed by atoms with Crippen molar-refractivity contribution in [2.45, 2.75) is 45.1 Å². The Kier molecular flexibility index (Phi) is 6.98. The van der Waals surface area contributed by atoms with Crippen molar-refractivity contribution in [3.05, 3.63) is 11.8 Å². The van der Waals surface area contributed by atoms with Crippen LogP contribution < -0.4 is 5.32 Å². The van der Waals surface area contributed by atoms with Gasteiger partial charge in [-0.05, 0) is 19.8 Å². The van der Waals surface area contributed by atoms with E-state index in [0.717, 1.165) is 25.7 Å². The molecule has 0 heterocycles. The van der Waals surface area contributed by atoms with Crippen molar-refractivity contribution in [2.75, 3.05) is 19.7 Å². The van der Waals surface area contributed by atoms with Crippen LogP contribution in [0.25, 0.3) is 0 Å². The van der Waals surface area contributed by atoms with Gasteiger partial charge >= 0.3 is 0 Å². The molecule has 0 spiro atoms. The Morgan fingerprint density at radius 3 is 2.68 bits per heavy atom. The van der Waals surface area contributed by atoms with E-state index in [9.17, 15) is 4.79 Å². The summed E-state index contributed by atoms with van der Waals surface area (Å²) in [5.41, 5.74) is 0.112. The third-order valence-electron chi connectivity index (χ3n) is 3.41. The van der Waals surface area contributed by atoms with Crippen molar-refractivity contribution in [1.82, 2.24) is 10.2 Å². The number of aliphatic hydroxyl groups is 1. The van der Waals surface area contributed by atoms with Gasteiger partial charge in [0.2, 0.25) is 0 Å². The highest BCUT2D eigenvalue weighted by molar-refractivity contribution is 5.97. The first-order valence-corrected chi connectivity index (χ1v) is 6.99. The predicted molar refractivity (Wildman–Crippen MR) is 73.0 cm³/mol. The van der Waals surface area contributed by atoms with Gasteiger partial charge in [0, 0.05) is 25.3 Å². The molecule has 106 valence electrons. The monoisotopic (exact) mass is 265 g/mol. The Hall–Kier alpha value is -1.54. The lowest BCUT2D eigenvalue weighted by Crippen LogP contribution is -2.37. The molecular formula is C14H23N3O2. The third kappa shape index (κ3) is 5.31. The Balaban J connectivity index is 2.59. The third-order valence-corrected chi connectivity index (χ3v) is 3.41. The summed E-state index contributed by atoms with van der Waals surface area (Å²) in [6, 6.07) is 2.14. The molecule has 1 rings (SSSR count). The highest BCUT2D eigenvalue weighted by Gasteiger charge is 2.18. The first-order valence-electron chi connectivity index (χ1n) is 6.99. The number of carbonyl (C=O) groups is 1. The second-order valence-corrected chi connectivity index (χ2v) is 4.82. The van der Waals surface area contributed by atoms with Crippen molar-refractivity contribution < 1.29 is 9.90 Å². The van der Waals surface area contributed by atoms with E-state index in [2.05, 4.69) is 5.32 Å². The molecule has 0 aromatic heterocycles. The summed E-state index contributed by atoms with van der Waals surface area (Å²) < 4.78 is 0. The van der Waals surface area contributed by atoms with Gasteiger partial charge in [0.25, 0.3) is 5.91 Å². The van der Waals surface area contributed by atoms with Crippen molar-refractivity contribution in [3.63, 3.8) is 0 Å². The number of hydrogen-bond acceptors (Lipinski definition) is 4. The average molecular weight is 265 g/mol. The number of carbonyl (C=O) groups excluding carboxylic acids is 1. The number of rotatable bonds is 6. The summed E-state index contributed by atoms with van der Waals surface area (Å²) in [5, 5.41) is 20.9. The van der Waals surface area contributed by atoms with E-state index < -0.39 is 0 Å². The van der Waals surface area contributed by atoms with Gasteiger partial charge in [-0.15, -0.1) is 0 Å². The Morgan fingerprint density at radius 2 is 2.16 bits per heavy atom. The molecule has 0 bridgehead atoms. The van der Waals surface area contributed by atoms with Crippen LogP contribution in [0.3, 0.4) is 0 Å². The molecule has 5 heteroatoms. The van der Waals surface area contributed by atoms with E-state index in [0.29, 0.717) is 13.1 Å². The lowest BCUT2D eigenvalue weighted by atomic mass is 9.95. The maximum atomic E-state index is 12.0. The molecule has 0 aromatic carbocycles. The SMILES string of the molecule is CCN(/C=C(/C#N)C(=O)NC1CCCCC1)CCO. The number of amides is 1. The first-order chi connectivity index (χ1) is 9.21. The Morgan fingerprint density at radius 1 is 1.47 bits per heavy atom. The molecule has 5 nitrogen and oxygen atoms in total. The fourth-order valence-corrected chi connectivity index (χ4v) is 2.27. The minimum atomic E-state index is -0.300. The van der Waals surface area contributed by atoms with E-state index in [-0.39, 0.29) is 24.1 Å². The molecule has 1 saturated carbocycles. The van der Waals surface area contributed by atoms with Crippen LogP contribution >= 0.6 is 0 Å². The van der Waals surface area contributed by atoms with Crippen LogP contribution in [0.4, 0.5) is 0 Å². The van der Waals surface area contributed by atoms with E-state index in [4.69, 9.17) is 10.4 Å². The van der Waals surface area contributed by atoms with Crippen LogP contribution in [0.2, 0.25) is 0 Å². The Labute approximate surface area is 114 Å². The van der Waals surface area contributed by atoms with Gasteiger partial charge in [-0.25, -0.2) is 0 Å². The molecule has 0 radical (unpaired) electrons. The zero-order valence-corrected chi connectivity index (χ0v) is 11.6. The molecule has 1 aliphatic rings. The maximum absolute atomic E-state index is 12.0. The molecule has 0 aliphatic heterocycles. The topological polar surface area (TPSA) is 76.4 Å². The summed E-state index contributed by atoms with van der Waals surface area (Å²) >= 11 is 0. The predicted octanol–water partition coefficient (Wildman–Crippen LogP) is 1.16. The van der Waals surface area contributed by atoms with Crippen LogP contribution in [0.15, 0.2) is 11.8 Å². The molecule has 0 aromatic rings. The first kappa shape index (κ1) is 15.5. The molecule has 1 amide bonds. The Bertz CT molecular complexity index is 354. The highest BCUT2D eigenvalue weighted by Crippen LogP contribution is 2.17. The number of likely N-dealkylation sites (N-methyl/N-ethyl adjacent to an activating group) is 1. The fraction of sp³-hybridized carbons (Fsp3) is 0.714. The van der Waals surface area contributed by atoms with Crippen molar-refractivity contribution in [1.29, 1.82) is 5.26 Å². The number of aliphatic hydroxyl groups excluding tert-OH is 1. The number of hydrogen-bond donors (Lipinski definition) is 2. The average Bonchev–Trinajstić information content (AvgIpc) is 2.44. The van der Waals surface area contributed by atoms with E-state index in [1.807, 2.05) is 13.0 Å². The molecule has 1 fully saturated rings. The summed E-state index contributed by atoms with van der Waals surface area (Å²) in [6.07, 6.45) is 7.04. The summed E-state index contributed by atoms with van der Waals surface area (Å²) in [6.45, 7) is 3.01. The molecule has 1 aliphatic carbocycles. The highest BCUT2D eigenvalue weighted by atomic mass is 16.3. The molecule has 0 saturated heterocycles. The molecular weight excluding hydrogens is 242 g/mol. The maximum Gasteiger partial charge on any atom is 0.263 e. The van der Waals surface area contributed by atoms with Gasteiger partial charge in [-0.1, -0.05) is 19.3 Å². The van der Waals surface area contributed by atoms with Crippen molar-refractivity contribution >= 4 is 5.91 Å². The zero-order chi connectivity index (χ0) is 14.1. The van der Waals surface area contributed by atoms with E-state index in [1.54, 1.807) is 4.90 Å². The summed E-state index contributed by atoms with van der Waals surface area (Å²) in [7, 11) is 0.